The van der Waals surface area contributed by atoms with Gasteiger partial charge in [0, 0.05) is 0 Å². The summed E-state index contributed by atoms with van der Waals surface area (Å²) in [4.78, 5) is 2.18. The van der Waals surface area contributed by atoms with E-state index in [0.717, 1.165) is 24.9 Å². The minimum atomic E-state index is -0.444. The van der Waals surface area contributed by atoms with Crippen LogP contribution < -0.4 is 0 Å². The number of benzene rings is 2. The normalized spacial score (nSPS) is 20.4. The van der Waals surface area contributed by atoms with Gasteiger partial charge in [-0.3, -0.25) is 0 Å². The number of hydrogen-bond acceptors (Lipinski definition) is 2. The lowest BCUT2D eigenvalue weighted by Crippen LogP contribution is -2.28. The highest BCUT2D eigenvalue weighted by atomic mass is 19.1. The summed E-state index contributed by atoms with van der Waals surface area (Å²) < 4.78 is 19.6. The summed E-state index contributed by atoms with van der Waals surface area (Å²) in [6.07, 6.45) is 1.92. The van der Waals surface area contributed by atoms with Crippen LogP contribution in [0.1, 0.15) is 29.5 Å². The van der Waals surface area contributed by atoms with Gasteiger partial charge >= 0.3 is 0 Å². The average molecular weight is 299 g/mol. The minimum Gasteiger partial charge on any atom is -0.361 e. The van der Waals surface area contributed by atoms with Gasteiger partial charge in [0.25, 0.3) is 0 Å². The van der Waals surface area contributed by atoms with Crippen LogP contribution >= 0.6 is 0 Å². The summed E-state index contributed by atoms with van der Waals surface area (Å²) in [5.41, 5.74) is 3.05. The second-order valence-corrected chi connectivity index (χ2v) is 6.19. The lowest BCUT2D eigenvalue weighted by Gasteiger charge is -2.31. The molecule has 2 aromatic rings. The van der Waals surface area contributed by atoms with E-state index in [0.29, 0.717) is 6.61 Å². The molecule has 1 atom stereocenters. The van der Waals surface area contributed by atoms with Gasteiger partial charge in [-0.2, -0.15) is 0 Å². The first kappa shape index (κ1) is 15.2. The van der Waals surface area contributed by atoms with Crippen LogP contribution in [-0.2, 0) is 16.9 Å². The van der Waals surface area contributed by atoms with E-state index in [2.05, 4.69) is 37.2 Å². The van der Waals surface area contributed by atoms with Crippen LogP contribution in [0.15, 0.2) is 48.5 Å². The van der Waals surface area contributed by atoms with Crippen LogP contribution in [0.5, 0.6) is 0 Å². The van der Waals surface area contributed by atoms with Crippen molar-refractivity contribution in [2.45, 2.75) is 25.0 Å². The molecule has 0 unspecified atom stereocenters. The molecule has 116 valence electrons. The molecule has 1 aliphatic heterocycles. The maximum absolute atomic E-state index is 13.3. The summed E-state index contributed by atoms with van der Waals surface area (Å²) in [6.45, 7) is 1.63. The standard InChI is InChI=1S/C19H22FNO/c1-21(2)13-5-12-19(16-8-10-17(20)11-9-16)18-7-4-3-6-15(18)14-22-19/h3-4,6-11H,5,12-14H2,1-2H3/t19-/m1/s1. The molecule has 0 radical (unpaired) electrons. The molecule has 2 nitrogen and oxygen atoms in total. The third-order valence-electron chi connectivity index (χ3n) is 4.37. The zero-order valence-corrected chi connectivity index (χ0v) is 13.2. The molecule has 0 aromatic heterocycles. The maximum Gasteiger partial charge on any atom is 0.123 e. The lowest BCUT2D eigenvalue weighted by molar-refractivity contribution is -0.0140. The molecule has 0 saturated heterocycles. The first-order valence-corrected chi connectivity index (χ1v) is 7.75. The van der Waals surface area contributed by atoms with Gasteiger partial charge in [0.1, 0.15) is 11.4 Å². The van der Waals surface area contributed by atoms with Crippen LogP contribution in [0.4, 0.5) is 4.39 Å². The van der Waals surface area contributed by atoms with Crippen LogP contribution in [-0.4, -0.2) is 25.5 Å². The topological polar surface area (TPSA) is 12.5 Å². The molecular weight excluding hydrogens is 277 g/mol. The molecule has 0 bridgehead atoms. The van der Waals surface area contributed by atoms with Crippen molar-refractivity contribution < 1.29 is 9.13 Å². The van der Waals surface area contributed by atoms with Gasteiger partial charge < -0.3 is 9.64 Å². The number of hydrogen-bond donors (Lipinski definition) is 0. The van der Waals surface area contributed by atoms with Crippen LogP contribution in [0.25, 0.3) is 0 Å². The molecule has 1 heterocycles. The van der Waals surface area contributed by atoms with Crippen molar-refractivity contribution in [1.29, 1.82) is 0 Å². The van der Waals surface area contributed by atoms with Crippen molar-refractivity contribution in [2.24, 2.45) is 0 Å². The Kier molecular flexibility index (Phi) is 4.27. The summed E-state index contributed by atoms with van der Waals surface area (Å²) in [6, 6.07) is 15.1. The average Bonchev–Trinajstić information content (AvgIpc) is 2.88. The van der Waals surface area contributed by atoms with E-state index in [1.54, 1.807) is 0 Å². The van der Waals surface area contributed by atoms with Gasteiger partial charge in [-0.15, -0.1) is 0 Å². The van der Waals surface area contributed by atoms with Crippen LogP contribution in [0.2, 0.25) is 0 Å². The number of ether oxygens (including phenoxy) is 1. The highest BCUT2D eigenvalue weighted by Crippen LogP contribution is 2.45. The molecule has 0 N–H and O–H groups in total. The summed E-state index contributed by atoms with van der Waals surface area (Å²) >= 11 is 0. The minimum absolute atomic E-state index is 0.210. The van der Waals surface area contributed by atoms with Crippen molar-refractivity contribution in [1.82, 2.24) is 4.90 Å². The third-order valence-corrected chi connectivity index (χ3v) is 4.37. The Bertz CT molecular complexity index is 638. The number of halogens is 1. The SMILES string of the molecule is CN(C)CCC[C@]1(c2ccc(F)cc2)OCc2ccccc21. The smallest absolute Gasteiger partial charge is 0.123 e. The molecule has 0 fully saturated rings. The van der Waals surface area contributed by atoms with E-state index in [1.165, 1.54) is 23.3 Å². The molecule has 22 heavy (non-hydrogen) atoms. The van der Waals surface area contributed by atoms with Crippen molar-refractivity contribution in [3.63, 3.8) is 0 Å². The lowest BCUT2D eigenvalue weighted by atomic mass is 9.82. The van der Waals surface area contributed by atoms with Crippen molar-refractivity contribution >= 4 is 0 Å². The van der Waals surface area contributed by atoms with Crippen molar-refractivity contribution in [3.8, 4) is 0 Å². The monoisotopic (exact) mass is 299 g/mol. The Labute approximate surface area is 131 Å². The second kappa shape index (κ2) is 6.19. The number of fused-ring (bicyclic) bond motifs is 1. The first-order chi connectivity index (χ1) is 10.6. The first-order valence-electron chi connectivity index (χ1n) is 7.75. The molecule has 0 spiro atoms. The van der Waals surface area contributed by atoms with Gasteiger partial charge in [-0.05, 0) is 62.3 Å². The fourth-order valence-corrected chi connectivity index (χ4v) is 3.27. The predicted molar refractivity (Wildman–Crippen MR) is 86.2 cm³/mol. The van der Waals surface area contributed by atoms with E-state index >= 15 is 0 Å². The molecule has 2 aromatic carbocycles. The zero-order chi connectivity index (χ0) is 15.6. The largest absolute Gasteiger partial charge is 0.361 e. The van der Waals surface area contributed by atoms with Gasteiger partial charge in [0.15, 0.2) is 0 Å². The quantitative estimate of drug-likeness (QED) is 0.829. The molecule has 1 aliphatic rings. The van der Waals surface area contributed by atoms with E-state index in [4.69, 9.17) is 4.74 Å². The predicted octanol–water partition coefficient (Wildman–Crippen LogP) is 3.94. The second-order valence-electron chi connectivity index (χ2n) is 6.19. The fourth-order valence-electron chi connectivity index (χ4n) is 3.27. The van der Waals surface area contributed by atoms with E-state index in [-0.39, 0.29) is 5.82 Å². The Balaban J connectivity index is 1.98. The Morgan fingerprint density at radius 1 is 1.09 bits per heavy atom. The molecular formula is C19H22FNO. The van der Waals surface area contributed by atoms with Crippen molar-refractivity contribution in [2.75, 3.05) is 20.6 Å². The number of nitrogens with zero attached hydrogens (tertiary/aromatic N) is 1. The van der Waals surface area contributed by atoms with Gasteiger partial charge in [0.2, 0.25) is 0 Å². The fraction of sp³-hybridized carbons (Fsp3) is 0.368. The Morgan fingerprint density at radius 3 is 2.55 bits per heavy atom. The Hall–Kier alpha value is -1.71. The molecule has 0 amide bonds. The van der Waals surface area contributed by atoms with E-state index in [9.17, 15) is 4.39 Å². The molecule has 0 saturated carbocycles. The molecule has 0 aliphatic carbocycles. The van der Waals surface area contributed by atoms with Gasteiger partial charge in [-0.25, -0.2) is 4.39 Å². The molecule has 3 rings (SSSR count). The van der Waals surface area contributed by atoms with Crippen LogP contribution in [0, 0.1) is 5.82 Å². The van der Waals surface area contributed by atoms with Crippen LogP contribution in [0.3, 0.4) is 0 Å². The zero-order valence-electron chi connectivity index (χ0n) is 13.2. The molecule has 3 heteroatoms. The summed E-state index contributed by atoms with van der Waals surface area (Å²) in [5, 5.41) is 0. The van der Waals surface area contributed by atoms with E-state index in [1.807, 2.05) is 18.2 Å². The van der Waals surface area contributed by atoms with Crippen molar-refractivity contribution in [3.05, 3.63) is 71.0 Å². The number of rotatable bonds is 5. The maximum atomic E-state index is 13.3. The highest BCUT2D eigenvalue weighted by Gasteiger charge is 2.41. The van der Waals surface area contributed by atoms with E-state index < -0.39 is 5.60 Å². The summed E-state index contributed by atoms with van der Waals surface area (Å²) in [5.74, 6) is -0.210. The van der Waals surface area contributed by atoms with Gasteiger partial charge in [0.05, 0.1) is 6.61 Å². The highest BCUT2D eigenvalue weighted by molar-refractivity contribution is 5.44. The third kappa shape index (κ3) is 2.79. The summed E-state index contributed by atoms with van der Waals surface area (Å²) in [7, 11) is 4.15. The Morgan fingerprint density at radius 2 is 1.82 bits per heavy atom. The van der Waals surface area contributed by atoms with Gasteiger partial charge in [-0.1, -0.05) is 36.4 Å².